The Balaban J connectivity index is 0. The molecule has 0 bridgehead atoms. The fraction of sp³-hybridized carbons (Fsp3) is 0.846. The second-order valence-corrected chi connectivity index (χ2v) is 4.74. The Morgan fingerprint density at radius 2 is 1.62 bits per heavy atom. The van der Waals surface area contributed by atoms with Gasteiger partial charge in [-0.15, -0.1) is 12.8 Å². The van der Waals surface area contributed by atoms with Crippen LogP contribution >= 0.6 is 11.8 Å². The number of hydrogen-bond acceptors (Lipinski definition) is 3. The van der Waals surface area contributed by atoms with Gasteiger partial charge in [-0.1, -0.05) is 26.2 Å². The Morgan fingerprint density at radius 3 is 2.12 bits per heavy atom. The quantitative estimate of drug-likeness (QED) is 0.594. The maximum atomic E-state index is 7.00. The molecule has 16 heavy (non-hydrogen) atoms. The molecule has 1 fully saturated rings. The summed E-state index contributed by atoms with van der Waals surface area (Å²) in [6.07, 6.45) is 13.6. The average molecular weight is 245 g/mol. The van der Waals surface area contributed by atoms with Crippen molar-refractivity contribution in [3.05, 3.63) is 0 Å². The van der Waals surface area contributed by atoms with Gasteiger partial charge in [0.2, 0.25) is 0 Å². The van der Waals surface area contributed by atoms with Crippen molar-refractivity contribution >= 4 is 11.8 Å². The minimum Gasteiger partial charge on any atom is -0.400 e. The number of aliphatic hydroxyl groups excluding tert-OH is 1. The van der Waals surface area contributed by atoms with Crippen LogP contribution in [0.2, 0.25) is 0 Å². The summed E-state index contributed by atoms with van der Waals surface area (Å²) in [5, 5.41) is 7.00. The molecule has 0 amide bonds. The highest BCUT2D eigenvalue weighted by Crippen LogP contribution is 2.10. The van der Waals surface area contributed by atoms with E-state index < -0.39 is 0 Å². The zero-order valence-electron chi connectivity index (χ0n) is 10.8. The van der Waals surface area contributed by atoms with Crippen molar-refractivity contribution in [2.75, 3.05) is 38.2 Å². The number of thioether (sulfide) groups is 1. The summed E-state index contributed by atoms with van der Waals surface area (Å²) in [6, 6.07) is 0. The molecule has 0 spiro atoms. The normalized spacial score (nSPS) is 15.3. The molecule has 2 nitrogen and oxygen atoms in total. The van der Waals surface area contributed by atoms with Crippen LogP contribution in [-0.2, 0) is 0 Å². The first-order valence-corrected chi connectivity index (χ1v) is 7.17. The van der Waals surface area contributed by atoms with Crippen LogP contribution in [0.25, 0.3) is 0 Å². The Kier molecular flexibility index (Phi) is 19.6. The predicted octanol–water partition coefficient (Wildman–Crippen LogP) is 2.47. The summed E-state index contributed by atoms with van der Waals surface area (Å²) in [4.78, 5) is 2.62. The van der Waals surface area contributed by atoms with Crippen molar-refractivity contribution in [3.8, 4) is 12.8 Å². The third-order valence-electron chi connectivity index (χ3n) is 2.43. The van der Waals surface area contributed by atoms with Crippen LogP contribution in [0, 0.1) is 12.8 Å². The smallest absolute Gasteiger partial charge is 0.0319 e. The van der Waals surface area contributed by atoms with E-state index in [1.54, 1.807) is 0 Å². The van der Waals surface area contributed by atoms with E-state index in [-0.39, 0.29) is 0 Å². The number of aliphatic hydroxyl groups is 1. The van der Waals surface area contributed by atoms with Crippen LogP contribution in [0.1, 0.15) is 32.6 Å². The molecule has 0 saturated carbocycles. The maximum Gasteiger partial charge on any atom is 0.0319 e. The minimum absolute atomic E-state index is 1.00. The molecule has 0 aromatic heterocycles. The van der Waals surface area contributed by atoms with Crippen LogP contribution in [-0.4, -0.2) is 48.3 Å². The van der Waals surface area contributed by atoms with Crippen LogP contribution in [0.5, 0.6) is 0 Å². The number of nitrogens with zero attached hydrogens (tertiary/aromatic N) is 1. The van der Waals surface area contributed by atoms with Crippen molar-refractivity contribution in [1.82, 2.24) is 4.90 Å². The predicted molar refractivity (Wildman–Crippen MR) is 75.9 cm³/mol. The van der Waals surface area contributed by atoms with Crippen LogP contribution in [0.4, 0.5) is 0 Å². The highest BCUT2D eigenvalue weighted by molar-refractivity contribution is 7.99. The molecule has 3 heteroatoms. The van der Waals surface area contributed by atoms with E-state index in [4.69, 9.17) is 5.11 Å². The van der Waals surface area contributed by atoms with Crippen molar-refractivity contribution in [3.63, 3.8) is 0 Å². The molecule has 1 saturated heterocycles. The van der Waals surface area contributed by atoms with E-state index in [1.165, 1.54) is 56.8 Å². The van der Waals surface area contributed by atoms with Gasteiger partial charge in [-0.3, -0.25) is 0 Å². The van der Waals surface area contributed by atoms with Crippen molar-refractivity contribution in [2.24, 2.45) is 0 Å². The van der Waals surface area contributed by atoms with E-state index in [0.717, 1.165) is 7.11 Å². The monoisotopic (exact) mass is 245 g/mol. The first-order valence-electron chi connectivity index (χ1n) is 6.01. The van der Waals surface area contributed by atoms with Gasteiger partial charge in [0.1, 0.15) is 0 Å². The molecular weight excluding hydrogens is 218 g/mol. The molecule has 0 atom stereocenters. The van der Waals surface area contributed by atoms with Gasteiger partial charge >= 0.3 is 0 Å². The highest BCUT2D eigenvalue weighted by atomic mass is 32.2. The third-order valence-corrected chi connectivity index (χ3v) is 3.37. The first kappa shape index (κ1) is 18.2. The summed E-state index contributed by atoms with van der Waals surface area (Å²) >= 11 is 2.10. The van der Waals surface area contributed by atoms with Gasteiger partial charge in [-0.2, -0.15) is 11.8 Å². The molecule has 96 valence electrons. The van der Waals surface area contributed by atoms with E-state index in [2.05, 4.69) is 36.4 Å². The van der Waals surface area contributed by atoms with Crippen LogP contribution in [0.3, 0.4) is 0 Å². The summed E-state index contributed by atoms with van der Waals surface area (Å²) in [7, 11) is 1.00. The van der Waals surface area contributed by atoms with E-state index in [0.29, 0.717) is 0 Å². The van der Waals surface area contributed by atoms with E-state index in [9.17, 15) is 0 Å². The van der Waals surface area contributed by atoms with Crippen molar-refractivity contribution in [2.45, 2.75) is 32.6 Å². The minimum atomic E-state index is 1.00. The average Bonchev–Trinajstić information content (AvgIpc) is 2.41. The first-order chi connectivity index (χ1) is 7.93. The molecule has 0 aromatic rings. The fourth-order valence-electron chi connectivity index (χ4n) is 1.59. The summed E-state index contributed by atoms with van der Waals surface area (Å²) in [5.41, 5.74) is 0. The Morgan fingerprint density at radius 1 is 1.06 bits per heavy atom. The van der Waals surface area contributed by atoms with Crippen molar-refractivity contribution < 1.29 is 5.11 Å². The zero-order valence-corrected chi connectivity index (χ0v) is 11.6. The lowest BCUT2D eigenvalue weighted by Gasteiger charge is -2.25. The number of terminal acetylenes is 1. The Hall–Kier alpha value is -0.170. The lowest BCUT2D eigenvalue weighted by molar-refractivity contribution is 0.294. The summed E-state index contributed by atoms with van der Waals surface area (Å²) in [6.45, 7) is 6.28. The molecular formula is C13H27NOS. The van der Waals surface area contributed by atoms with Gasteiger partial charge in [0, 0.05) is 31.7 Å². The molecule has 1 aliphatic rings. The second-order valence-electron chi connectivity index (χ2n) is 3.51. The van der Waals surface area contributed by atoms with Gasteiger partial charge in [0.15, 0.2) is 0 Å². The molecule has 0 aromatic carbocycles. The fourth-order valence-corrected chi connectivity index (χ4v) is 2.57. The maximum absolute atomic E-state index is 7.00. The standard InChI is InChI=1S/C10H21NS.C2H2.CH4O/c1-2-3-4-5-6-11-7-9-12-10-8-11;2*1-2/h2-10H2,1H3;1-2H;2H,1H3. The van der Waals surface area contributed by atoms with Gasteiger partial charge in [-0.25, -0.2) is 0 Å². The molecule has 1 heterocycles. The lowest BCUT2D eigenvalue weighted by atomic mass is 10.2. The van der Waals surface area contributed by atoms with Gasteiger partial charge < -0.3 is 10.0 Å². The largest absolute Gasteiger partial charge is 0.400 e. The topological polar surface area (TPSA) is 23.5 Å². The molecule has 1 N–H and O–H groups in total. The van der Waals surface area contributed by atoms with Crippen LogP contribution < -0.4 is 0 Å². The Bertz CT molecular complexity index is 133. The summed E-state index contributed by atoms with van der Waals surface area (Å²) in [5.74, 6) is 2.71. The number of rotatable bonds is 5. The molecule has 0 unspecified atom stereocenters. The SMILES string of the molecule is C#C.CCCCCCN1CCSCC1.CO. The zero-order chi connectivity index (χ0) is 12.6. The van der Waals surface area contributed by atoms with Crippen LogP contribution in [0.15, 0.2) is 0 Å². The molecule has 0 aliphatic carbocycles. The van der Waals surface area contributed by atoms with Crippen molar-refractivity contribution in [1.29, 1.82) is 0 Å². The van der Waals surface area contributed by atoms with E-state index >= 15 is 0 Å². The summed E-state index contributed by atoms with van der Waals surface area (Å²) < 4.78 is 0. The second kappa shape index (κ2) is 17.2. The Labute approximate surface area is 106 Å². The van der Waals surface area contributed by atoms with Gasteiger partial charge in [-0.05, 0) is 13.0 Å². The molecule has 0 radical (unpaired) electrons. The molecule has 1 rings (SSSR count). The lowest BCUT2D eigenvalue weighted by Crippen LogP contribution is -2.33. The third kappa shape index (κ3) is 11.9. The number of hydrogen-bond donors (Lipinski definition) is 1. The van der Waals surface area contributed by atoms with E-state index in [1.807, 2.05) is 0 Å². The van der Waals surface area contributed by atoms with Gasteiger partial charge in [0.25, 0.3) is 0 Å². The highest BCUT2D eigenvalue weighted by Gasteiger charge is 2.08. The molecule has 1 aliphatic heterocycles. The number of unbranched alkanes of at least 4 members (excludes halogenated alkanes) is 3. The van der Waals surface area contributed by atoms with Gasteiger partial charge in [0.05, 0.1) is 0 Å².